The van der Waals surface area contributed by atoms with Gasteiger partial charge in [-0.3, -0.25) is 0 Å². The second-order valence-corrected chi connectivity index (χ2v) is 5.73. The zero-order valence-electron chi connectivity index (χ0n) is 12.4. The van der Waals surface area contributed by atoms with Gasteiger partial charge in [0.25, 0.3) is 0 Å². The van der Waals surface area contributed by atoms with Crippen molar-refractivity contribution < 1.29 is 0 Å². The summed E-state index contributed by atoms with van der Waals surface area (Å²) in [5.74, 6) is 0.561. The van der Waals surface area contributed by atoms with E-state index in [1.54, 1.807) is 0 Å². The molecule has 1 aliphatic rings. The second kappa shape index (κ2) is 5.16. The van der Waals surface area contributed by atoms with Crippen LogP contribution in [0.4, 0.5) is 11.4 Å². The number of benzene rings is 2. The highest BCUT2D eigenvalue weighted by Crippen LogP contribution is 2.32. The molecule has 0 fully saturated rings. The fourth-order valence-corrected chi connectivity index (χ4v) is 2.59. The third-order valence-electron chi connectivity index (χ3n) is 3.98. The molecule has 0 saturated carbocycles. The summed E-state index contributed by atoms with van der Waals surface area (Å²) in [5.41, 5.74) is 7.67. The molecule has 1 heterocycles. The first-order valence-corrected chi connectivity index (χ1v) is 7.39. The van der Waals surface area contributed by atoms with Crippen molar-refractivity contribution in [3.05, 3.63) is 58.7 Å². The number of anilines is 2. The van der Waals surface area contributed by atoms with Crippen molar-refractivity contribution >= 4 is 23.5 Å². The Morgan fingerprint density at radius 3 is 2.45 bits per heavy atom. The maximum absolute atomic E-state index is 3.58. The molecule has 102 valence electrons. The minimum atomic E-state index is 0.561. The summed E-state index contributed by atoms with van der Waals surface area (Å²) in [6.07, 6.45) is 5.49. The van der Waals surface area contributed by atoms with E-state index in [-0.39, 0.29) is 0 Å². The molecule has 0 bridgehead atoms. The zero-order valence-corrected chi connectivity index (χ0v) is 12.4. The largest absolute Gasteiger partial charge is 0.355 e. The third-order valence-corrected chi connectivity index (χ3v) is 3.98. The molecule has 1 aliphatic heterocycles. The van der Waals surface area contributed by atoms with E-state index in [2.05, 4.69) is 74.6 Å². The van der Waals surface area contributed by atoms with Crippen LogP contribution in [0.2, 0.25) is 0 Å². The minimum Gasteiger partial charge on any atom is -0.355 e. The van der Waals surface area contributed by atoms with Gasteiger partial charge in [0.05, 0.1) is 0 Å². The van der Waals surface area contributed by atoms with Crippen molar-refractivity contribution in [3.63, 3.8) is 0 Å². The molecule has 2 aromatic carbocycles. The summed E-state index contributed by atoms with van der Waals surface area (Å²) < 4.78 is 0. The molecule has 0 unspecified atom stereocenters. The number of aryl methyl sites for hydroxylation is 1. The van der Waals surface area contributed by atoms with Crippen LogP contribution in [0, 0.1) is 0 Å². The normalized spacial score (nSPS) is 12.6. The van der Waals surface area contributed by atoms with Crippen LogP contribution in [0.25, 0.3) is 12.2 Å². The van der Waals surface area contributed by atoms with E-state index in [4.69, 9.17) is 0 Å². The average molecular weight is 263 g/mol. The summed E-state index contributed by atoms with van der Waals surface area (Å²) in [7, 11) is 0. The summed E-state index contributed by atoms with van der Waals surface area (Å²) in [4.78, 5) is 0. The Kier molecular flexibility index (Phi) is 3.35. The first-order chi connectivity index (χ1) is 9.67. The highest BCUT2D eigenvalue weighted by atomic mass is 14.9. The average Bonchev–Trinajstić information content (AvgIpc) is 2.64. The van der Waals surface area contributed by atoms with E-state index in [9.17, 15) is 0 Å². The SMILES string of the molecule is CCc1ccc2c(c1)Nc1ccc(C(C)C)cc1C=C2. The Hall–Kier alpha value is -2.02. The monoisotopic (exact) mass is 263 g/mol. The zero-order chi connectivity index (χ0) is 14.1. The fourth-order valence-electron chi connectivity index (χ4n) is 2.59. The molecule has 0 spiro atoms. The lowest BCUT2D eigenvalue weighted by atomic mass is 9.99. The van der Waals surface area contributed by atoms with E-state index < -0.39 is 0 Å². The smallest absolute Gasteiger partial charge is 0.0460 e. The van der Waals surface area contributed by atoms with Gasteiger partial charge >= 0.3 is 0 Å². The van der Waals surface area contributed by atoms with Gasteiger partial charge in [-0.15, -0.1) is 0 Å². The highest BCUT2D eigenvalue weighted by Gasteiger charge is 2.10. The highest BCUT2D eigenvalue weighted by molar-refractivity contribution is 5.87. The summed E-state index contributed by atoms with van der Waals surface area (Å²) >= 11 is 0. The first-order valence-electron chi connectivity index (χ1n) is 7.39. The molecule has 0 amide bonds. The topological polar surface area (TPSA) is 12.0 Å². The molecule has 0 radical (unpaired) electrons. The fraction of sp³-hybridized carbons (Fsp3) is 0.263. The third kappa shape index (κ3) is 2.36. The van der Waals surface area contributed by atoms with Crippen molar-refractivity contribution in [2.75, 3.05) is 5.32 Å². The van der Waals surface area contributed by atoms with Gasteiger partial charge < -0.3 is 5.32 Å². The summed E-state index contributed by atoms with van der Waals surface area (Å²) in [6.45, 7) is 6.66. The molecule has 0 aromatic heterocycles. The maximum atomic E-state index is 3.58. The van der Waals surface area contributed by atoms with Crippen molar-refractivity contribution in [3.8, 4) is 0 Å². The predicted molar refractivity (Wildman–Crippen MR) is 88.6 cm³/mol. The quantitative estimate of drug-likeness (QED) is 0.634. The van der Waals surface area contributed by atoms with Gasteiger partial charge in [0.2, 0.25) is 0 Å². The van der Waals surface area contributed by atoms with Gasteiger partial charge in [0, 0.05) is 11.4 Å². The van der Waals surface area contributed by atoms with Gasteiger partial charge in [0.15, 0.2) is 0 Å². The van der Waals surface area contributed by atoms with E-state index in [1.807, 2.05) is 0 Å². The van der Waals surface area contributed by atoms with Crippen LogP contribution in [-0.2, 0) is 6.42 Å². The van der Waals surface area contributed by atoms with E-state index in [1.165, 1.54) is 33.6 Å². The van der Waals surface area contributed by atoms with E-state index in [0.717, 1.165) is 6.42 Å². The minimum absolute atomic E-state index is 0.561. The molecule has 1 N–H and O–H groups in total. The standard InChI is InChI=1S/C19H21N/c1-4-14-5-6-15-7-8-17-12-16(13(2)3)9-10-18(17)20-19(15)11-14/h5-13,20H,4H2,1-3H3. The molecule has 2 aromatic rings. The second-order valence-electron chi connectivity index (χ2n) is 5.73. The Bertz CT molecular complexity index is 665. The molecule has 0 atom stereocenters. The lowest BCUT2D eigenvalue weighted by Crippen LogP contribution is -1.96. The Labute approximate surface area is 121 Å². The lowest BCUT2D eigenvalue weighted by Gasteiger charge is -2.13. The van der Waals surface area contributed by atoms with Gasteiger partial charge in [-0.05, 0) is 52.8 Å². The van der Waals surface area contributed by atoms with Crippen LogP contribution in [0.3, 0.4) is 0 Å². The van der Waals surface area contributed by atoms with Crippen molar-refractivity contribution in [2.24, 2.45) is 0 Å². The number of fused-ring (bicyclic) bond motifs is 2. The van der Waals surface area contributed by atoms with Crippen LogP contribution in [0.1, 0.15) is 48.9 Å². The number of hydrogen-bond acceptors (Lipinski definition) is 1. The first kappa shape index (κ1) is 13.0. The maximum Gasteiger partial charge on any atom is 0.0460 e. The summed E-state index contributed by atoms with van der Waals surface area (Å²) in [5, 5.41) is 3.58. The number of hydrogen-bond donors (Lipinski definition) is 1. The Morgan fingerprint density at radius 2 is 1.70 bits per heavy atom. The van der Waals surface area contributed by atoms with Gasteiger partial charge in [-0.2, -0.15) is 0 Å². The molecule has 20 heavy (non-hydrogen) atoms. The molecule has 1 nitrogen and oxygen atoms in total. The van der Waals surface area contributed by atoms with Crippen LogP contribution >= 0.6 is 0 Å². The van der Waals surface area contributed by atoms with Crippen LogP contribution < -0.4 is 5.32 Å². The number of nitrogens with one attached hydrogen (secondary N) is 1. The molecule has 0 saturated heterocycles. The van der Waals surface area contributed by atoms with Gasteiger partial charge in [0.1, 0.15) is 0 Å². The Balaban J connectivity index is 2.05. The molecular weight excluding hydrogens is 242 g/mol. The van der Waals surface area contributed by atoms with Crippen molar-refractivity contribution in [2.45, 2.75) is 33.1 Å². The van der Waals surface area contributed by atoms with E-state index in [0.29, 0.717) is 5.92 Å². The molecule has 0 aliphatic carbocycles. The molecular formula is C19H21N. The van der Waals surface area contributed by atoms with Gasteiger partial charge in [-0.1, -0.05) is 51.1 Å². The van der Waals surface area contributed by atoms with Crippen LogP contribution in [-0.4, -0.2) is 0 Å². The molecule has 3 rings (SSSR count). The summed E-state index contributed by atoms with van der Waals surface area (Å²) in [6, 6.07) is 13.4. The number of rotatable bonds is 2. The Morgan fingerprint density at radius 1 is 0.900 bits per heavy atom. The van der Waals surface area contributed by atoms with Crippen LogP contribution in [0.5, 0.6) is 0 Å². The van der Waals surface area contributed by atoms with Gasteiger partial charge in [-0.25, -0.2) is 0 Å². The predicted octanol–water partition coefficient (Wildman–Crippen LogP) is 5.60. The lowest BCUT2D eigenvalue weighted by molar-refractivity contribution is 0.866. The van der Waals surface area contributed by atoms with Crippen LogP contribution in [0.15, 0.2) is 36.4 Å². The molecule has 1 heteroatoms. The van der Waals surface area contributed by atoms with Crippen molar-refractivity contribution in [1.82, 2.24) is 0 Å². The van der Waals surface area contributed by atoms with E-state index >= 15 is 0 Å². The van der Waals surface area contributed by atoms with Crippen molar-refractivity contribution in [1.29, 1.82) is 0 Å².